The van der Waals surface area contributed by atoms with Crippen molar-refractivity contribution in [3.63, 3.8) is 0 Å². The Balaban J connectivity index is 1.46. The van der Waals surface area contributed by atoms with E-state index in [0.29, 0.717) is 17.6 Å². The summed E-state index contributed by atoms with van der Waals surface area (Å²) < 4.78 is 20.8. The second-order valence-corrected chi connectivity index (χ2v) is 9.58. The molecule has 176 valence electrons. The molecule has 0 aliphatic carbocycles. The fourth-order valence-electron chi connectivity index (χ4n) is 3.94. The van der Waals surface area contributed by atoms with E-state index in [4.69, 9.17) is 4.42 Å². The molecule has 1 aliphatic heterocycles. The number of nitrogens with zero attached hydrogens (tertiary/aromatic N) is 5. The lowest BCUT2D eigenvalue weighted by Crippen LogP contribution is -2.35. The normalized spacial score (nSPS) is 15.6. The summed E-state index contributed by atoms with van der Waals surface area (Å²) in [5.41, 5.74) is 0.889. The number of hydrogen-bond donors (Lipinski definition) is 0. The summed E-state index contributed by atoms with van der Waals surface area (Å²) in [6, 6.07) is 9.89. The number of hydrogen-bond acceptors (Lipinski definition) is 6. The minimum Gasteiger partial charge on any atom is -0.467 e. The van der Waals surface area contributed by atoms with Gasteiger partial charge in [-0.15, -0.1) is 10.2 Å². The smallest absolute Gasteiger partial charge is 0.233 e. The van der Waals surface area contributed by atoms with Gasteiger partial charge in [-0.1, -0.05) is 30.8 Å². The molecule has 1 aromatic carbocycles. The van der Waals surface area contributed by atoms with Gasteiger partial charge in [-0.25, -0.2) is 4.39 Å². The highest BCUT2D eigenvalue weighted by Gasteiger charge is 2.25. The van der Waals surface area contributed by atoms with E-state index < -0.39 is 0 Å². The number of anilines is 1. The fourth-order valence-corrected chi connectivity index (χ4v) is 4.79. The summed E-state index contributed by atoms with van der Waals surface area (Å²) >= 11 is 1.38. The zero-order chi connectivity index (χ0) is 23.4. The highest BCUT2D eigenvalue weighted by molar-refractivity contribution is 7.99. The molecule has 7 nitrogen and oxygen atoms in total. The molecule has 3 aromatic rings. The molecule has 33 heavy (non-hydrogen) atoms. The van der Waals surface area contributed by atoms with Crippen LogP contribution in [0.3, 0.4) is 0 Å². The molecule has 9 heteroatoms. The third kappa shape index (κ3) is 5.58. The second-order valence-electron chi connectivity index (χ2n) is 8.64. The molecule has 0 saturated carbocycles. The first-order chi connectivity index (χ1) is 15.9. The summed E-state index contributed by atoms with van der Waals surface area (Å²) in [4.78, 5) is 16.9. The Morgan fingerprint density at radius 1 is 1.24 bits per heavy atom. The van der Waals surface area contributed by atoms with Crippen molar-refractivity contribution in [2.24, 2.45) is 5.92 Å². The predicted molar refractivity (Wildman–Crippen MR) is 127 cm³/mol. The Bertz CT molecular complexity index is 1050. The van der Waals surface area contributed by atoms with E-state index in [1.807, 2.05) is 23.6 Å². The summed E-state index contributed by atoms with van der Waals surface area (Å²) in [5.74, 6) is 2.27. The number of thioether (sulfide) groups is 1. The molecule has 4 rings (SSSR count). The van der Waals surface area contributed by atoms with Gasteiger partial charge in [0.25, 0.3) is 0 Å². The number of rotatable bonds is 8. The van der Waals surface area contributed by atoms with Crippen LogP contribution in [0.2, 0.25) is 0 Å². The number of benzene rings is 1. The summed E-state index contributed by atoms with van der Waals surface area (Å²) in [7, 11) is 1.77. The van der Waals surface area contributed by atoms with Crippen LogP contribution in [0.5, 0.6) is 0 Å². The lowest BCUT2D eigenvalue weighted by molar-refractivity contribution is -0.128. The summed E-state index contributed by atoms with van der Waals surface area (Å²) in [6.07, 6.45) is 3.91. The van der Waals surface area contributed by atoms with Crippen LogP contribution in [0.4, 0.5) is 10.3 Å². The van der Waals surface area contributed by atoms with Gasteiger partial charge in [0, 0.05) is 20.1 Å². The number of furan rings is 1. The molecular formula is C24H30FN5O2S. The zero-order valence-corrected chi connectivity index (χ0v) is 20.1. The van der Waals surface area contributed by atoms with Gasteiger partial charge in [0.1, 0.15) is 11.6 Å². The van der Waals surface area contributed by atoms with Crippen molar-refractivity contribution in [2.75, 3.05) is 30.8 Å². The number of halogens is 1. The highest BCUT2D eigenvalue weighted by Crippen LogP contribution is 2.28. The first-order valence-corrected chi connectivity index (χ1v) is 12.3. The Kier molecular flexibility index (Phi) is 7.37. The topological polar surface area (TPSA) is 67.4 Å². The van der Waals surface area contributed by atoms with Crippen LogP contribution in [0.15, 0.2) is 52.2 Å². The monoisotopic (exact) mass is 471 g/mol. The van der Waals surface area contributed by atoms with Crippen LogP contribution in [0, 0.1) is 11.7 Å². The van der Waals surface area contributed by atoms with Gasteiger partial charge in [-0.3, -0.25) is 9.36 Å². The molecule has 3 heterocycles. The largest absolute Gasteiger partial charge is 0.467 e. The Morgan fingerprint density at radius 3 is 2.64 bits per heavy atom. The average Bonchev–Trinajstić information content (AvgIpc) is 3.48. The van der Waals surface area contributed by atoms with Crippen molar-refractivity contribution >= 4 is 23.6 Å². The van der Waals surface area contributed by atoms with Crippen molar-refractivity contribution in [3.05, 3.63) is 59.8 Å². The van der Waals surface area contributed by atoms with E-state index in [2.05, 4.69) is 22.0 Å². The third-order valence-electron chi connectivity index (χ3n) is 6.31. The van der Waals surface area contributed by atoms with Crippen LogP contribution in [0.1, 0.15) is 44.1 Å². The molecule has 0 radical (unpaired) electrons. The maximum Gasteiger partial charge on any atom is 0.233 e. The van der Waals surface area contributed by atoms with Crippen molar-refractivity contribution in [1.82, 2.24) is 19.7 Å². The van der Waals surface area contributed by atoms with Gasteiger partial charge >= 0.3 is 0 Å². The molecule has 0 bridgehead atoms. The van der Waals surface area contributed by atoms with Crippen molar-refractivity contribution in [1.29, 1.82) is 0 Å². The van der Waals surface area contributed by atoms with E-state index in [9.17, 15) is 9.18 Å². The molecule has 1 fully saturated rings. The third-order valence-corrected chi connectivity index (χ3v) is 7.26. The highest BCUT2D eigenvalue weighted by atomic mass is 32.2. The Morgan fingerprint density at radius 2 is 1.97 bits per heavy atom. The molecule has 0 spiro atoms. The van der Waals surface area contributed by atoms with Crippen LogP contribution >= 0.6 is 11.8 Å². The Labute approximate surface area is 198 Å². The molecule has 1 unspecified atom stereocenters. The number of piperidine rings is 1. The number of amides is 1. The average molecular weight is 472 g/mol. The zero-order valence-electron chi connectivity index (χ0n) is 19.3. The standard InChI is InChI=1S/C24H30FN5O2S/c1-17-10-12-29(13-11-17)23-26-27-24(30(23)15-21-5-4-14-32-21)33-16-22(31)28(3)18(2)19-6-8-20(25)9-7-19/h4-9,14,17-18H,10-13,15-16H2,1-3H3. The van der Waals surface area contributed by atoms with E-state index >= 15 is 0 Å². The van der Waals surface area contributed by atoms with Crippen LogP contribution in [-0.4, -0.2) is 51.5 Å². The SMILES string of the molecule is CC1CCN(c2nnc(SCC(=O)N(C)C(C)c3ccc(F)cc3)n2Cc2ccco2)CC1. The van der Waals surface area contributed by atoms with E-state index in [1.54, 1.807) is 30.3 Å². The van der Waals surface area contributed by atoms with Gasteiger partial charge in [0.05, 0.1) is 24.6 Å². The molecule has 2 aromatic heterocycles. The Hall–Kier alpha value is -2.81. The lowest BCUT2D eigenvalue weighted by Gasteiger charge is -2.31. The minimum atomic E-state index is -0.287. The first-order valence-electron chi connectivity index (χ1n) is 11.3. The molecule has 1 atom stereocenters. The quantitative estimate of drug-likeness (QED) is 0.447. The second kappa shape index (κ2) is 10.4. The van der Waals surface area contributed by atoms with Crippen LogP contribution in [-0.2, 0) is 11.3 Å². The molecule has 1 aliphatic rings. The maximum absolute atomic E-state index is 13.2. The number of aromatic nitrogens is 3. The molecular weight excluding hydrogens is 441 g/mol. The van der Waals surface area contributed by atoms with Gasteiger partial charge < -0.3 is 14.2 Å². The van der Waals surface area contributed by atoms with Crippen molar-refractivity contribution in [2.45, 2.75) is 44.4 Å². The first kappa shape index (κ1) is 23.4. The number of carbonyl (C=O) groups is 1. The fraction of sp³-hybridized carbons (Fsp3) is 0.458. The van der Waals surface area contributed by atoms with Gasteiger partial charge in [-0.05, 0) is 55.5 Å². The van der Waals surface area contributed by atoms with Crippen LogP contribution in [0.25, 0.3) is 0 Å². The number of carbonyl (C=O) groups excluding carboxylic acids is 1. The lowest BCUT2D eigenvalue weighted by atomic mass is 10.00. The summed E-state index contributed by atoms with van der Waals surface area (Å²) in [5, 5.41) is 9.58. The van der Waals surface area contributed by atoms with E-state index in [1.165, 1.54) is 23.9 Å². The summed E-state index contributed by atoms with van der Waals surface area (Å²) in [6.45, 7) is 6.61. The molecule has 1 saturated heterocycles. The van der Waals surface area contributed by atoms with Gasteiger partial charge in [-0.2, -0.15) is 0 Å². The molecule has 0 N–H and O–H groups in total. The van der Waals surface area contributed by atoms with Crippen molar-refractivity contribution in [3.8, 4) is 0 Å². The maximum atomic E-state index is 13.2. The minimum absolute atomic E-state index is 0.0299. The van der Waals surface area contributed by atoms with Gasteiger partial charge in [0.2, 0.25) is 11.9 Å². The van der Waals surface area contributed by atoms with Crippen LogP contribution < -0.4 is 4.90 Å². The van der Waals surface area contributed by atoms with E-state index in [-0.39, 0.29) is 23.5 Å². The predicted octanol–water partition coefficient (Wildman–Crippen LogP) is 4.61. The van der Waals surface area contributed by atoms with E-state index in [0.717, 1.165) is 43.2 Å². The molecule has 1 amide bonds. The van der Waals surface area contributed by atoms with Crippen molar-refractivity contribution < 1.29 is 13.6 Å². The van der Waals surface area contributed by atoms with Gasteiger partial charge in [0.15, 0.2) is 5.16 Å².